The number of ether oxygens (including phenoxy) is 3. The van der Waals surface area contributed by atoms with E-state index >= 15 is 0 Å². The van der Waals surface area contributed by atoms with Crippen molar-refractivity contribution < 1.29 is 26.8 Å². The lowest BCUT2D eigenvalue weighted by atomic mass is 9.86. The van der Waals surface area contributed by atoms with Crippen LogP contribution in [0.25, 0.3) is 0 Å². The normalized spacial score (nSPS) is 17.6. The zero-order valence-electron chi connectivity index (χ0n) is 23.8. The Labute approximate surface area is 242 Å². The fourth-order valence-corrected chi connectivity index (χ4v) is 6.47. The summed E-state index contributed by atoms with van der Waals surface area (Å²) in [6.07, 6.45) is 1.07. The highest BCUT2D eigenvalue weighted by Gasteiger charge is 2.29. The standard InChI is InChI=1S/C12H16O.C11H14O3S.C8H8O2S.CH4/c1-12(2,3)10-4-5-11-9(8-10)6-7-13-11;1-11(2,3)8-4-5-9-10(6-8)15(12,13)7-14-9;1-6-2-3-7-8(4-6)11(9)5-10-7;/h4-5,8H,6-7H2,1-3H3;4-6H,7H2,1-3H3;2-4H,5H2,1H3;1H4. The lowest BCUT2D eigenvalue weighted by Crippen LogP contribution is -2.11. The van der Waals surface area contributed by atoms with Crippen molar-refractivity contribution in [3.63, 3.8) is 0 Å². The van der Waals surface area contributed by atoms with Gasteiger partial charge in [0.05, 0.1) is 22.3 Å². The van der Waals surface area contributed by atoms with Crippen LogP contribution in [0, 0.1) is 6.92 Å². The largest absolute Gasteiger partial charge is 0.493 e. The van der Waals surface area contributed by atoms with Gasteiger partial charge in [-0.25, -0.2) is 8.42 Å². The van der Waals surface area contributed by atoms with E-state index in [9.17, 15) is 12.6 Å². The van der Waals surface area contributed by atoms with Crippen LogP contribution in [0.2, 0.25) is 0 Å². The fraction of sp³-hybridized carbons (Fsp3) is 0.438. The van der Waals surface area contributed by atoms with Crippen molar-refractivity contribution in [2.24, 2.45) is 0 Å². The van der Waals surface area contributed by atoms with Crippen LogP contribution in [-0.2, 0) is 37.9 Å². The number of benzene rings is 3. The molecule has 40 heavy (non-hydrogen) atoms. The second-order valence-corrected chi connectivity index (χ2v) is 15.3. The Morgan fingerprint density at radius 2 is 1.35 bits per heavy atom. The molecule has 0 spiro atoms. The van der Waals surface area contributed by atoms with Gasteiger partial charge in [-0.15, -0.1) is 0 Å². The minimum Gasteiger partial charge on any atom is -0.493 e. The van der Waals surface area contributed by atoms with E-state index in [0.29, 0.717) is 16.6 Å². The molecule has 0 radical (unpaired) electrons. The molecular formula is C32H42O6S2. The van der Waals surface area contributed by atoms with Gasteiger partial charge in [0.1, 0.15) is 22.1 Å². The van der Waals surface area contributed by atoms with E-state index in [2.05, 4.69) is 59.7 Å². The van der Waals surface area contributed by atoms with Gasteiger partial charge in [-0.2, -0.15) is 0 Å². The van der Waals surface area contributed by atoms with E-state index in [1.165, 1.54) is 11.1 Å². The van der Waals surface area contributed by atoms with Gasteiger partial charge >= 0.3 is 0 Å². The number of rotatable bonds is 0. The Morgan fingerprint density at radius 3 is 2.00 bits per heavy atom. The fourth-order valence-electron chi connectivity index (χ4n) is 4.29. The van der Waals surface area contributed by atoms with Gasteiger partial charge < -0.3 is 14.2 Å². The van der Waals surface area contributed by atoms with Gasteiger partial charge in [-0.1, -0.05) is 73.2 Å². The van der Waals surface area contributed by atoms with Gasteiger partial charge in [0.25, 0.3) is 0 Å². The van der Waals surface area contributed by atoms with E-state index in [4.69, 9.17) is 14.2 Å². The van der Waals surface area contributed by atoms with E-state index in [-0.39, 0.29) is 24.2 Å². The summed E-state index contributed by atoms with van der Waals surface area (Å²) in [5.41, 5.74) is 5.10. The Morgan fingerprint density at radius 1 is 0.750 bits per heavy atom. The molecule has 0 N–H and O–H groups in total. The average Bonchev–Trinajstić information content (AvgIpc) is 3.56. The Bertz CT molecular complexity index is 1490. The number of hydrogen-bond acceptors (Lipinski definition) is 6. The summed E-state index contributed by atoms with van der Waals surface area (Å²) in [5, 5.41) is 0. The third-order valence-electron chi connectivity index (χ3n) is 6.74. The summed E-state index contributed by atoms with van der Waals surface area (Å²) in [4.78, 5) is 1.17. The van der Waals surface area contributed by atoms with E-state index < -0.39 is 20.6 Å². The smallest absolute Gasteiger partial charge is 0.216 e. The maximum Gasteiger partial charge on any atom is 0.216 e. The Kier molecular flexibility index (Phi) is 9.47. The second-order valence-electron chi connectivity index (χ2n) is 12.0. The number of fused-ring (bicyclic) bond motifs is 3. The van der Waals surface area contributed by atoms with Gasteiger partial charge in [-0.3, -0.25) is 4.21 Å². The van der Waals surface area contributed by atoms with Crippen LogP contribution in [0.3, 0.4) is 0 Å². The average molecular weight is 587 g/mol. The summed E-state index contributed by atoms with van der Waals surface area (Å²) >= 11 is 0. The zero-order valence-corrected chi connectivity index (χ0v) is 25.4. The molecule has 6 nitrogen and oxygen atoms in total. The van der Waals surface area contributed by atoms with Crippen LogP contribution >= 0.6 is 0 Å². The van der Waals surface area contributed by atoms with Crippen LogP contribution in [-0.4, -0.2) is 31.1 Å². The van der Waals surface area contributed by atoms with Crippen LogP contribution in [0.1, 0.15) is 71.2 Å². The lowest BCUT2D eigenvalue weighted by molar-refractivity contribution is 0.356. The number of aryl methyl sites for hydroxylation is 1. The van der Waals surface area contributed by atoms with Crippen molar-refractivity contribution in [2.45, 2.75) is 82.9 Å². The SMILES string of the molecule is C.CC(C)(C)c1ccc2c(c1)CCO2.CC(C)(C)c1ccc2c(c1)S(=O)(=O)CO2.Cc1ccc2c(c1)S(=O)CO2. The molecule has 3 aliphatic heterocycles. The second kappa shape index (κ2) is 12.0. The lowest BCUT2D eigenvalue weighted by Gasteiger charge is -2.19. The van der Waals surface area contributed by atoms with Crippen LogP contribution in [0.15, 0.2) is 64.4 Å². The predicted octanol–water partition coefficient (Wildman–Crippen LogP) is 7.12. The molecule has 218 valence electrons. The third-order valence-corrected chi connectivity index (χ3v) is 9.29. The first-order valence-electron chi connectivity index (χ1n) is 13.0. The van der Waals surface area contributed by atoms with Gasteiger partial charge in [0.2, 0.25) is 9.84 Å². The van der Waals surface area contributed by atoms with Gasteiger partial charge in [0, 0.05) is 6.42 Å². The van der Waals surface area contributed by atoms with Crippen LogP contribution in [0.5, 0.6) is 17.2 Å². The summed E-state index contributed by atoms with van der Waals surface area (Å²) < 4.78 is 50.1. The first-order chi connectivity index (χ1) is 18.1. The quantitative estimate of drug-likeness (QED) is 0.279. The summed E-state index contributed by atoms with van der Waals surface area (Å²) in [7, 11) is -4.14. The monoisotopic (exact) mass is 586 g/mol. The van der Waals surface area contributed by atoms with Gasteiger partial charge in [-0.05, 0) is 70.3 Å². The first-order valence-corrected chi connectivity index (χ1v) is 16.0. The highest BCUT2D eigenvalue weighted by molar-refractivity contribution is 7.91. The minimum atomic E-state index is -3.21. The summed E-state index contributed by atoms with van der Waals surface area (Å²) in [6, 6.07) is 17.7. The first kappa shape index (κ1) is 31.7. The molecule has 3 aromatic carbocycles. The van der Waals surface area contributed by atoms with Crippen molar-refractivity contribution >= 4 is 20.6 Å². The molecule has 0 fully saturated rings. The van der Waals surface area contributed by atoms with E-state index in [1.807, 2.05) is 31.2 Å². The molecule has 8 heteroatoms. The predicted molar refractivity (Wildman–Crippen MR) is 162 cm³/mol. The van der Waals surface area contributed by atoms with Crippen molar-refractivity contribution in [3.8, 4) is 17.2 Å². The topological polar surface area (TPSA) is 78.9 Å². The molecule has 0 aliphatic carbocycles. The van der Waals surface area contributed by atoms with Gasteiger partial charge in [0.15, 0.2) is 11.9 Å². The molecule has 0 saturated heterocycles. The van der Waals surface area contributed by atoms with E-state index in [0.717, 1.165) is 40.5 Å². The van der Waals surface area contributed by atoms with E-state index in [1.54, 1.807) is 12.1 Å². The molecule has 3 aromatic rings. The zero-order chi connectivity index (χ0) is 28.6. The Hall–Kier alpha value is -2.84. The summed E-state index contributed by atoms with van der Waals surface area (Å²) in [6.45, 7) is 15.7. The maximum atomic E-state index is 11.6. The minimum absolute atomic E-state index is 0. The summed E-state index contributed by atoms with van der Waals surface area (Å²) in [5.74, 6) is 2.42. The van der Waals surface area contributed by atoms with Crippen molar-refractivity contribution in [1.82, 2.24) is 0 Å². The Balaban J connectivity index is 0.000000165. The van der Waals surface area contributed by atoms with Crippen molar-refractivity contribution in [3.05, 3.63) is 76.9 Å². The van der Waals surface area contributed by atoms with Crippen LogP contribution in [0.4, 0.5) is 0 Å². The molecule has 1 unspecified atom stereocenters. The third kappa shape index (κ3) is 7.26. The highest BCUT2D eigenvalue weighted by Crippen LogP contribution is 2.35. The number of sulfone groups is 1. The molecule has 0 aromatic heterocycles. The molecule has 3 heterocycles. The maximum absolute atomic E-state index is 11.6. The molecule has 3 aliphatic rings. The van der Waals surface area contributed by atoms with Crippen LogP contribution < -0.4 is 14.2 Å². The molecule has 0 amide bonds. The molecule has 0 saturated carbocycles. The molecule has 6 rings (SSSR count). The molecule has 0 bridgehead atoms. The number of hydrogen-bond donors (Lipinski definition) is 0. The van der Waals surface area contributed by atoms with Crippen molar-refractivity contribution in [2.75, 3.05) is 18.5 Å². The molecular weight excluding hydrogens is 544 g/mol. The highest BCUT2D eigenvalue weighted by atomic mass is 32.2. The molecule has 1 atom stereocenters. The van der Waals surface area contributed by atoms with Crippen molar-refractivity contribution in [1.29, 1.82) is 0 Å².